The van der Waals surface area contributed by atoms with Gasteiger partial charge in [0.2, 0.25) is 5.91 Å². The van der Waals surface area contributed by atoms with E-state index in [1.54, 1.807) is 6.07 Å². The maximum atomic E-state index is 12.3. The average molecular weight is 264 g/mol. The summed E-state index contributed by atoms with van der Waals surface area (Å²) in [7, 11) is 1.53. The summed E-state index contributed by atoms with van der Waals surface area (Å²) in [6, 6.07) is 2.35. The van der Waals surface area contributed by atoms with Crippen molar-refractivity contribution in [2.75, 3.05) is 26.7 Å². The van der Waals surface area contributed by atoms with Crippen LogP contribution in [0.4, 0.5) is 0 Å². The van der Waals surface area contributed by atoms with E-state index in [0.717, 1.165) is 0 Å². The zero-order chi connectivity index (χ0) is 13.8. The monoisotopic (exact) mass is 264 g/mol. The van der Waals surface area contributed by atoms with Crippen LogP contribution >= 0.6 is 0 Å². The molecule has 0 aromatic carbocycles. The third-order valence-electron chi connectivity index (χ3n) is 3.04. The molecule has 1 saturated heterocycles. The fourth-order valence-corrected chi connectivity index (χ4v) is 2.05. The van der Waals surface area contributed by atoms with E-state index in [1.165, 1.54) is 24.2 Å². The van der Waals surface area contributed by atoms with Gasteiger partial charge in [-0.2, -0.15) is 0 Å². The number of aromatic hydroxyl groups is 1. The second-order valence-corrected chi connectivity index (χ2v) is 4.20. The lowest BCUT2D eigenvalue weighted by atomic mass is 10.1. The lowest BCUT2D eigenvalue weighted by Gasteiger charge is -2.34. The van der Waals surface area contributed by atoms with Crippen LogP contribution in [0.5, 0.6) is 5.75 Å². The Hall–Kier alpha value is -2.15. The number of pyridine rings is 1. The minimum Gasteiger partial charge on any atom is -0.505 e. The van der Waals surface area contributed by atoms with E-state index in [2.05, 4.69) is 15.6 Å². The van der Waals surface area contributed by atoms with Crippen molar-refractivity contribution in [2.45, 2.75) is 6.04 Å². The number of aromatic nitrogens is 1. The molecule has 0 bridgehead atoms. The van der Waals surface area contributed by atoms with Gasteiger partial charge in [-0.25, -0.2) is 4.98 Å². The van der Waals surface area contributed by atoms with Gasteiger partial charge in [0, 0.05) is 32.9 Å². The number of piperazine rings is 1. The van der Waals surface area contributed by atoms with Gasteiger partial charge in [-0.3, -0.25) is 9.59 Å². The SMILES string of the molecule is CNC(=O)C1CNCCN1C(=O)c1ncccc1O. The van der Waals surface area contributed by atoms with Crippen molar-refractivity contribution >= 4 is 11.8 Å². The predicted octanol–water partition coefficient (Wildman–Crippen LogP) is -1.05. The maximum absolute atomic E-state index is 12.3. The highest BCUT2D eigenvalue weighted by Crippen LogP contribution is 2.17. The quantitative estimate of drug-likeness (QED) is 0.633. The van der Waals surface area contributed by atoms with Crippen molar-refractivity contribution in [2.24, 2.45) is 0 Å². The van der Waals surface area contributed by atoms with Gasteiger partial charge in [-0.1, -0.05) is 0 Å². The Bertz CT molecular complexity index is 492. The average Bonchev–Trinajstić information content (AvgIpc) is 2.46. The second kappa shape index (κ2) is 5.66. The van der Waals surface area contributed by atoms with Gasteiger partial charge in [0.1, 0.15) is 11.8 Å². The van der Waals surface area contributed by atoms with Crippen LogP contribution in [-0.2, 0) is 4.79 Å². The molecule has 7 heteroatoms. The molecule has 1 unspecified atom stereocenters. The highest BCUT2D eigenvalue weighted by atomic mass is 16.3. The first-order valence-electron chi connectivity index (χ1n) is 6.02. The van der Waals surface area contributed by atoms with E-state index in [4.69, 9.17) is 0 Å². The van der Waals surface area contributed by atoms with Gasteiger partial charge in [-0.05, 0) is 12.1 Å². The van der Waals surface area contributed by atoms with E-state index in [1.807, 2.05) is 0 Å². The van der Waals surface area contributed by atoms with E-state index >= 15 is 0 Å². The van der Waals surface area contributed by atoms with Gasteiger partial charge in [0.25, 0.3) is 5.91 Å². The minimum atomic E-state index is -0.590. The first kappa shape index (κ1) is 13.3. The predicted molar refractivity (Wildman–Crippen MR) is 67.7 cm³/mol. The molecule has 2 rings (SSSR count). The Kier molecular flexibility index (Phi) is 3.96. The number of carbonyl (C=O) groups excluding carboxylic acids is 2. The van der Waals surface area contributed by atoms with Crippen LogP contribution in [0.15, 0.2) is 18.3 Å². The molecule has 3 N–H and O–H groups in total. The fourth-order valence-electron chi connectivity index (χ4n) is 2.05. The van der Waals surface area contributed by atoms with Gasteiger partial charge in [0.05, 0.1) is 0 Å². The molecule has 2 heterocycles. The molecule has 1 aliphatic rings. The van der Waals surface area contributed by atoms with E-state index < -0.39 is 11.9 Å². The number of hydrogen-bond donors (Lipinski definition) is 3. The van der Waals surface area contributed by atoms with Gasteiger partial charge < -0.3 is 20.6 Å². The molecule has 1 aromatic heterocycles. The second-order valence-electron chi connectivity index (χ2n) is 4.20. The zero-order valence-corrected chi connectivity index (χ0v) is 10.6. The molecule has 0 aliphatic carbocycles. The lowest BCUT2D eigenvalue weighted by molar-refractivity contribution is -0.125. The minimum absolute atomic E-state index is 0.0293. The smallest absolute Gasteiger partial charge is 0.277 e. The molecular weight excluding hydrogens is 248 g/mol. The number of amides is 2. The molecular formula is C12H16N4O3. The third-order valence-corrected chi connectivity index (χ3v) is 3.04. The Labute approximate surface area is 110 Å². The zero-order valence-electron chi connectivity index (χ0n) is 10.6. The van der Waals surface area contributed by atoms with Crippen molar-refractivity contribution in [1.29, 1.82) is 0 Å². The number of carbonyl (C=O) groups is 2. The van der Waals surface area contributed by atoms with Crippen LogP contribution in [0.1, 0.15) is 10.5 Å². The normalized spacial score (nSPS) is 19.0. The van der Waals surface area contributed by atoms with Gasteiger partial charge in [-0.15, -0.1) is 0 Å². The molecule has 7 nitrogen and oxygen atoms in total. The summed E-state index contributed by atoms with van der Waals surface area (Å²) in [5, 5.41) is 15.3. The van der Waals surface area contributed by atoms with Gasteiger partial charge >= 0.3 is 0 Å². The number of nitrogens with zero attached hydrogens (tertiary/aromatic N) is 2. The fraction of sp³-hybridized carbons (Fsp3) is 0.417. The number of likely N-dealkylation sites (N-methyl/N-ethyl adjacent to an activating group) is 1. The molecule has 2 amide bonds. The van der Waals surface area contributed by atoms with Crippen molar-refractivity contribution in [3.05, 3.63) is 24.0 Å². The summed E-state index contributed by atoms with van der Waals surface area (Å²) in [6.45, 7) is 1.39. The number of hydrogen-bond acceptors (Lipinski definition) is 5. The summed E-state index contributed by atoms with van der Waals surface area (Å²) < 4.78 is 0. The van der Waals surface area contributed by atoms with Crippen molar-refractivity contribution in [3.63, 3.8) is 0 Å². The van der Waals surface area contributed by atoms with Crippen molar-refractivity contribution in [3.8, 4) is 5.75 Å². The molecule has 0 saturated carbocycles. The van der Waals surface area contributed by atoms with E-state index in [0.29, 0.717) is 19.6 Å². The van der Waals surface area contributed by atoms with Crippen LogP contribution in [0.3, 0.4) is 0 Å². The van der Waals surface area contributed by atoms with Crippen LogP contribution in [0.2, 0.25) is 0 Å². The third kappa shape index (κ3) is 2.65. The van der Waals surface area contributed by atoms with Crippen LogP contribution in [0, 0.1) is 0 Å². The largest absolute Gasteiger partial charge is 0.505 e. The number of rotatable bonds is 2. The molecule has 1 fully saturated rings. The van der Waals surface area contributed by atoms with Crippen molar-refractivity contribution in [1.82, 2.24) is 20.5 Å². The first-order chi connectivity index (χ1) is 9.15. The van der Waals surface area contributed by atoms with Crippen LogP contribution in [0.25, 0.3) is 0 Å². The Morgan fingerprint density at radius 2 is 2.37 bits per heavy atom. The number of nitrogens with one attached hydrogen (secondary N) is 2. The maximum Gasteiger partial charge on any atom is 0.277 e. The molecule has 1 atom stereocenters. The topological polar surface area (TPSA) is 94.6 Å². The van der Waals surface area contributed by atoms with E-state index in [9.17, 15) is 14.7 Å². The van der Waals surface area contributed by atoms with E-state index in [-0.39, 0.29) is 17.4 Å². The Morgan fingerprint density at radius 3 is 3.05 bits per heavy atom. The van der Waals surface area contributed by atoms with Crippen LogP contribution < -0.4 is 10.6 Å². The molecule has 1 aromatic rings. The van der Waals surface area contributed by atoms with Crippen molar-refractivity contribution < 1.29 is 14.7 Å². The summed E-state index contributed by atoms with van der Waals surface area (Å²) in [5.74, 6) is -0.856. The highest BCUT2D eigenvalue weighted by Gasteiger charge is 2.33. The van der Waals surface area contributed by atoms with Crippen LogP contribution in [-0.4, -0.2) is 59.5 Å². The Balaban J connectivity index is 2.25. The molecule has 1 aliphatic heterocycles. The Morgan fingerprint density at radius 1 is 1.58 bits per heavy atom. The standard InChI is InChI=1S/C12H16N4O3/c1-13-11(18)8-7-14-5-6-16(8)12(19)10-9(17)3-2-4-15-10/h2-4,8,14,17H,5-7H2,1H3,(H,13,18). The summed E-state index contributed by atoms with van der Waals surface area (Å²) in [5.41, 5.74) is -0.0293. The molecule has 102 valence electrons. The summed E-state index contributed by atoms with van der Waals surface area (Å²) in [4.78, 5) is 29.4. The molecule has 0 radical (unpaired) electrons. The molecule has 0 spiro atoms. The molecule has 19 heavy (non-hydrogen) atoms. The lowest BCUT2D eigenvalue weighted by Crippen LogP contribution is -2.59. The summed E-state index contributed by atoms with van der Waals surface area (Å²) in [6.07, 6.45) is 1.43. The first-order valence-corrected chi connectivity index (χ1v) is 6.02. The highest BCUT2D eigenvalue weighted by molar-refractivity contribution is 5.98. The van der Waals surface area contributed by atoms with Gasteiger partial charge in [0.15, 0.2) is 5.69 Å². The summed E-state index contributed by atoms with van der Waals surface area (Å²) >= 11 is 0.